The molecular formula is C15H12ClIN2O2. The van der Waals surface area contributed by atoms with Gasteiger partial charge in [0.15, 0.2) is 6.61 Å². The molecule has 0 saturated heterocycles. The number of anilines is 2. The van der Waals surface area contributed by atoms with Gasteiger partial charge < -0.3 is 15.4 Å². The number of nitrogens with one attached hydrogen (secondary N) is 2. The molecule has 0 unspecified atom stereocenters. The molecule has 6 heteroatoms. The molecule has 21 heavy (non-hydrogen) atoms. The molecule has 1 aliphatic heterocycles. The van der Waals surface area contributed by atoms with Crippen LogP contribution in [0.3, 0.4) is 0 Å². The molecule has 2 N–H and O–H groups in total. The normalized spacial score (nSPS) is 13.1. The van der Waals surface area contributed by atoms with Crippen molar-refractivity contribution in [2.24, 2.45) is 0 Å². The summed E-state index contributed by atoms with van der Waals surface area (Å²) in [6, 6.07) is 11.6. The summed E-state index contributed by atoms with van der Waals surface area (Å²) in [5.74, 6) is 0.568. The number of fused-ring (bicyclic) bond motifs is 1. The van der Waals surface area contributed by atoms with Gasteiger partial charge in [0.1, 0.15) is 5.75 Å². The fraction of sp³-hybridized carbons (Fsp3) is 0.133. The highest BCUT2D eigenvalue weighted by Gasteiger charge is 2.15. The molecule has 2 aromatic carbocycles. The molecule has 3 rings (SSSR count). The first-order valence-electron chi connectivity index (χ1n) is 6.36. The number of carbonyl (C=O) groups excluding carboxylic acids is 1. The molecule has 0 fully saturated rings. The van der Waals surface area contributed by atoms with Crippen molar-refractivity contribution in [1.29, 1.82) is 0 Å². The fourth-order valence-corrected chi connectivity index (χ4v) is 2.99. The van der Waals surface area contributed by atoms with E-state index in [1.54, 1.807) is 0 Å². The SMILES string of the molecule is O=C1COc2ccc(CNc3ccc(I)cc3Cl)cc2N1. The minimum Gasteiger partial charge on any atom is -0.482 e. The highest BCUT2D eigenvalue weighted by molar-refractivity contribution is 14.1. The summed E-state index contributed by atoms with van der Waals surface area (Å²) in [5, 5.41) is 6.78. The Bertz CT molecular complexity index is 706. The minimum absolute atomic E-state index is 0.0723. The van der Waals surface area contributed by atoms with E-state index < -0.39 is 0 Å². The van der Waals surface area contributed by atoms with E-state index in [9.17, 15) is 4.79 Å². The lowest BCUT2D eigenvalue weighted by molar-refractivity contribution is -0.118. The third kappa shape index (κ3) is 3.41. The monoisotopic (exact) mass is 414 g/mol. The molecule has 0 spiro atoms. The van der Waals surface area contributed by atoms with Crippen LogP contribution >= 0.6 is 34.2 Å². The van der Waals surface area contributed by atoms with Gasteiger partial charge in [-0.2, -0.15) is 0 Å². The van der Waals surface area contributed by atoms with E-state index in [0.29, 0.717) is 23.0 Å². The van der Waals surface area contributed by atoms with E-state index in [0.717, 1.165) is 14.8 Å². The maximum absolute atomic E-state index is 11.3. The van der Waals surface area contributed by atoms with Crippen LogP contribution in [0.25, 0.3) is 0 Å². The first-order valence-corrected chi connectivity index (χ1v) is 7.82. The number of hydrogen-bond acceptors (Lipinski definition) is 3. The lowest BCUT2D eigenvalue weighted by Gasteiger charge is -2.18. The predicted molar refractivity (Wildman–Crippen MR) is 92.1 cm³/mol. The largest absolute Gasteiger partial charge is 0.482 e. The second-order valence-electron chi connectivity index (χ2n) is 4.65. The standard InChI is InChI=1S/C15H12ClIN2O2/c16-11-6-10(17)2-3-12(11)18-7-9-1-4-14-13(5-9)19-15(20)8-21-14/h1-6,18H,7-8H2,(H,19,20). The highest BCUT2D eigenvalue weighted by Crippen LogP contribution is 2.29. The molecule has 1 amide bonds. The van der Waals surface area contributed by atoms with Gasteiger partial charge in [0.25, 0.3) is 5.91 Å². The maximum atomic E-state index is 11.3. The Hall–Kier alpha value is -1.47. The number of benzene rings is 2. The van der Waals surface area contributed by atoms with Crippen LogP contribution in [-0.4, -0.2) is 12.5 Å². The van der Waals surface area contributed by atoms with Gasteiger partial charge in [-0.05, 0) is 58.5 Å². The molecule has 1 heterocycles. The van der Waals surface area contributed by atoms with Crippen LogP contribution in [-0.2, 0) is 11.3 Å². The Morgan fingerprint density at radius 3 is 2.95 bits per heavy atom. The second kappa shape index (κ2) is 6.11. The number of carbonyl (C=O) groups is 1. The average molecular weight is 415 g/mol. The van der Waals surface area contributed by atoms with Crippen molar-refractivity contribution in [2.75, 3.05) is 17.2 Å². The summed E-state index contributed by atoms with van der Waals surface area (Å²) < 4.78 is 6.43. The molecular weight excluding hydrogens is 403 g/mol. The Balaban J connectivity index is 1.73. The quantitative estimate of drug-likeness (QED) is 0.749. The van der Waals surface area contributed by atoms with Gasteiger partial charge in [0, 0.05) is 10.1 Å². The molecule has 0 radical (unpaired) electrons. The summed E-state index contributed by atoms with van der Waals surface area (Å²) in [6.07, 6.45) is 0. The van der Waals surface area contributed by atoms with Crippen molar-refractivity contribution in [2.45, 2.75) is 6.54 Å². The van der Waals surface area contributed by atoms with Crippen LogP contribution in [0.5, 0.6) is 5.75 Å². The van der Waals surface area contributed by atoms with Gasteiger partial charge in [-0.3, -0.25) is 4.79 Å². The van der Waals surface area contributed by atoms with E-state index in [-0.39, 0.29) is 12.5 Å². The first kappa shape index (κ1) is 14.5. The average Bonchev–Trinajstić information content (AvgIpc) is 2.46. The predicted octanol–water partition coefficient (Wildman–Crippen LogP) is 3.89. The topological polar surface area (TPSA) is 50.4 Å². The number of ether oxygens (including phenoxy) is 1. The van der Waals surface area contributed by atoms with Gasteiger partial charge >= 0.3 is 0 Å². The fourth-order valence-electron chi connectivity index (χ4n) is 2.07. The van der Waals surface area contributed by atoms with Crippen LogP contribution in [0.4, 0.5) is 11.4 Å². The highest BCUT2D eigenvalue weighted by atomic mass is 127. The van der Waals surface area contributed by atoms with E-state index >= 15 is 0 Å². The van der Waals surface area contributed by atoms with Gasteiger partial charge in [-0.25, -0.2) is 0 Å². The lowest BCUT2D eigenvalue weighted by Crippen LogP contribution is -2.25. The van der Waals surface area contributed by atoms with Crippen LogP contribution in [0, 0.1) is 3.57 Å². The Labute approximate surface area is 141 Å². The van der Waals surface area contributed by atoms with Gasteiger partial charge in [-0.1, -0.05) is 17.7 Å². The Kier molecular flexibility index (Phi) is 4.21. The van der Waals surface area contributed by atoms with Crippen molar-refractivity contribution < 1.29 is 9.53 Å². The zero-order chi connectivity index (χ0) is 14.8. The zero-order valence-electron chi connectivity index (χ0n) is 11.0. The van der Waals surface area contributed by atoms with Gasteiger partial charge in [0.05, 0.1) is 16.4 Å². The van der Waals surface area contributed by atoms with Crippen LogP contribution in [0.15, 0.2) is 36.4 Å². The number of rotatable bonds is 3. The summed E-state index contributed by atoms with van der Waals surface area (Å²) in [4.78, 5) is 11.3. The summed E-state index contributed by atoms with van der Waals surface area (Å²) in [5.41, 5.74) is 2.63. The zero-order valence-corrected chi connectivity index (χ0v) is 13.9. The smallest absolute Gasteiger partial charge is 0.262 e. The van der Waals surface area contributed by atoms with Crippen LogP contribution in [0.2, 0.25) is 5.02 Å². The molecule has 0 aliphatic carbocycles. The molecule has 0 atom stereocenters. The van der Waals surface area contributed by atoms with E-state index in [4.69, 9.17) is 16.3 Å². The molecule has 1 aliphatic rings. The summed E-state index contributed by atoms with van der Waals surface area (Å²) in [6.45, 7) is 0.687. The summed E-state index contributed by atoms with van der Waals surface area (Å²) >= 11 is 8.41. The molecule has 108 valence electrons. The van der Waals surface area contributed by atoms with E-state index in [2.05, 4.69) is 33.2 Å². The molecule has 0 bridgehead atoms. The van der Waals surface area contributed by atoms with Crippen molar-refractivity contribution in [3.05, 3.63) is 50.6 Å². The first-order chi connectivity index (χ1) is 10.1. The van der Waals surface area contributed by atoms with Gasteiger partial charge in [-0.15, -0.1) is 0 Å². The Morgan fingerprint density at radius 2 is 2.14 bits per heavy atom. The van der Waals surface area contributed by atoms with Crippen molar-refractivity contribution in [3.8, 4) is 5.75 Å². The minimum atomic E-state index is -0.131. The Morgan fingerprint density at radius 1 is 1.29 bits per heavy atom. The van der Waals surface area contributed by atoms with E-state index in [1.165, 1.54) is 0 Å². The van der Waals surface area contributed by atoms with Crippen molar-refractivity contribution in [1.82, 2.24) is 0 Å². The summed E-state index contributed by atoms with van der Waals surface area (Å²) in [7, 11) is 0. The third-order valence-corrected chi connectivity index (χ3v) is 4.07. The van der Waals surface area contributed by atoms with Crippen LogP contribution in [0.1, 0.15) is 5.56 Å². The van der Waals surface area contributed by atoms with Crippen molar-refractivity contribution in [3.63, 3.8) is 0 Å². The van der Waals surface area contributed by atoms with Gasteiger partial charge in [0.2, 0.25) is 0 Å². The van der Waals surface area contributed by atoms with Crippen LogP contribution < -0.4 is 15.4 Å². The number of halogens is 2. The molecule has 0 saturated carbocycles. The lowest BCUT2D eigenvalue weighted by atomic mass is 10.1. The second-order valence-corrected chi connectivity index (χ2v) is 6.30. The van der Waals surface area contributed by atoms with E-state index in [1.807, 2.05) is 36.4 Å². The molecule has 4 nitrogen and oxygen atoms in total. The molecule has 0 aromatic heterocycles. The molecule has 2 aromatic rings. The van der Waals surface area contributed by atoms with Crippen molar-refractivity contribution >= 4 is 51.5 Å². The number of amides is 1. The number of hydrogen-bond donors (Lipinski definition) is 2. The maximum Gasteiger partial charge on any atom is 0.262 e. The third-order valence-electron chi connectivity index (χ3n) is 3.09.